The highest BCUT2D eigenvalue weighted by molar-refractivity contribution is 9.10. The van der Waals surface area contributed by atoms with E-state index in [1.807, 2.05) is 0 Å². The average Bonchev–Trinajstić information content (AvgIpc) is 2.36. The van der Waals surface area contributed by atoms with Gasteiger partial charge in [0.25, 0.3) is 0 Å². The Hall–Kier alpha value is -1.82. The van der Waals surface area contributed by atoms with Gasteiger partial charge in [0.2, 0.25) is 11.9 Å². The van der Waals surface area contributed by atoms with Gasteiger partial charge >= 0.3 is 0 Å². The van der Waals surface area contributed by atoms with Crippen molar-refractivity contribution in [1.29, 1.82) is 0 Å². The molecule has 18 heavy (non-hydrogen) atoms. The number of amides is 1. The summed E-state index contributed by atoms with van der Waals surface area (Å²) in [6, 6.07) is 6.46. The van der Waals surface area contributed by atoms with Crippen molar-refractivity contribution in [3.63, 3.8) is 0 Å². The fraction of sp³-hybridized carbons (Fsp3) is 0.0833. The molecule has 0 atom stereocenters. The molecule has 4 nitrogen and oxygen atoms in total. The van der Waals surface area contributed by atoms with E-state index in [4.69, 9.17) is 0 Å². The number of nitrogens with zero attached hydrogens (tertiary/aromatic N) is 2. The number of benzene rings is 1. The van der Waals surface area contributed by atoms with Crippen molar-refractivity contribution in [3.05, 3.63) is 52.5 Å². The molecule has 0 saturated carbocycles. The lowest BCUT2D eigenvalue weighted by molar-refractivity contribution is -0.115. The van der Waals surface area contributed by atoms with Crippen LogP contribution in [0.5, 0.6) is 0 Å². The van der Waals surface area contributed by atoms with Gasteiger partial charge in [-0.25, -0.2) is 14.4 Å². The predicted octanol–water partition coefficient (Wildman–Crippen LogP) is 2.56. The minimum Gasteiger partial charge on any atom is -0.294 e. The van der Waals surface area contributed by atoms with Crippen molar-refractivity contribution < 1.29 is 9.18 Å². The zero-order chi connectivity index (χ0) is 13.0. The molecule has 1 amide bonds. The van der Waals surface area contributed by atoms with E-state index in [1.165, 1.54) is 12.4 Å². The van der Waals surface area contributed by atoms with Crippen LogP contribution in [-0.4, -0.2) is 15.9 Å². The van der Waals surface area contributed by atoms with Crippen molar-refractivity contribution in [2.75, 3.05) is 5.32 Å². The number of halogens is 2. The predicted molar refractivity (Wildman–Crippen MR) is 68.5 cm³/mol. The minimum absolute atomic E-state index is 0.0659. The van der Waals surface area contributed by atoms with Crippen LogP contribution in [0, 0.1) is 5.82 Å². The number of carbonyl (C=O) groups is 1. The maximum absolute atomic E-state index is 13.6. The molecule has 0 bridgehead atoms. The maximum atomic E-state index is 13.6. The molecule has 0 radical (unpaired) electrons. The van der Waals surface area contributed by atoms with Crippen molar-refractivity contribution >= 4 is 27.8 Å². The molecule has 2 aromatic rings. The lowest BCUT2D eigenvalue weighted by atomic mass is 10.1. The first-order valence-electron chi connectivity index (χ1n) is 5.16. The van der Waals surface area contributed by atoms with Crippen molar-refractivity contribution in [2.45, 2.75) is 6.42 Å². The van der Waals surface area contributed by atoms with Gasteiger partial charge in [-0.2, -0.15) is 0 Å². The highest BCUT2D eigenvalue weighted by Crippen LogP contribution is 2.19. The molecule has 1 heterocycles. The first-order valence-corrected chi connectivity index (χ1v) is 5.96. The van der Waals surface area contributed by atoms with E-state index < -0.39 is 5.82 Å². The van der Waals surface area contributed by atoms with Crippen LogP contribution in [0.15, 0.2) is 41.1 Å². The third-order valence-corrected chi connectivity index (χ3v) is 2.81. The van der Waals surface area contributed by atoms with E-state index in [9.17, 15) is 9.18 Å². The van der Waals surface area contributed by atoms with E-state index >= 15 is 0 Å². The van der Waals surface area contributed by atoms with Crippen molar-refractivity contribution in [1.82, 2.24) is 9.97 Å². The molecule has 0 aliphatic heterocycles. The number of nitrogens with one attached hydrogen (secondary N) is 1. The molecule has 0 fully saturated rings. The number of hydrogen-bond acceptors (Lipinski definition) is 3. The Morgan fingerprint density at radius 2 is 2.00 bits per heavy atom. The fourth-order valence-electron chi connectivity index (χ4n) is 1.39. The molecular formula is C12H9BrFN3O. The van der Waals surface area contributed by atoms with Gasteiger partial charge in [0.15, 0.2) is 0 Å². The largest absolute Gasteiger partial charge is 0.294 e. The molecule has 6 heteroatoms. The maximum Gasteiger partial charge on any atom is 0.231 e. The zero-order valence-electron chi connectivity index (χ0n) is 9.23. The summed E-state index contributed by atoms with van der Waals surface area (Å²) in [5.41, 5.74) is 0.317. The van der Waals surface area contributed by atoms with Gasteiger partial charge in [-0.1, -0.05) is 12.1 Å². The van der Waals surface area contributed by atoms with E-state index in [-0.39, 0.29) is 18.3 Å². The molecule has 0 spiro atoms. The van der Waals surface area contributed by atoms with Gasteiger partial charge in [-0.05, 0) is 33.6 Å². The first kappa shape index (κ1) is 12.6. The highest BCUT2D eigenvalue weighted by atomic mass is 79.9. The van der Waals surface area contributed by atoms with Crippen LogP contribution in [0.1, 0.15) is 5.56 Å². The van der Waals surface area contributed by atoms with Gasteiger partial charge < -0.3 is 0 Å². The summed E-state index contributed by atoms with van der Waals surface area (Å²) in [7, 11) is 0. The Morgan fingerprint density at radius 1 is 1.28 bits per heavy atom. The topological polar surface area (TPSA) is 54.9 Å². The number of hydrogen-bond donors (Lipinski definition) is 1. The zero-order valence-corrected chi connectivity index (χ0v) is 10.8. The van der Waals surface area contributed by atoms with Crippen LogP contribution >= 0.6 is 15.9 Å². The molecule has 0 aliphatic rings. The second-order valence-corrected chi connectivity index (χ2v) is 4.36. The van der Waals surface area contributed by atoms with Crippen molar-refractivity contribution in [2.24, 2.45) is 0 Å². The second kappa shape index (κ2) is 5.68. The summed E-state index contributed by atoms with van der Waals surface area (Å²) in [6.45, 7) is 0. The second-order valence-electron chi connectivity index (χ2n) is 3.51. The quantitative estimate of drug-likeness (QED) is 0.948. The lowest BCUT2D eigenvalue weighted by Crippen LogP contribution is -2.16. The summed E-state index contributed by atoms with van der Waals surface area (Å²) in [6.07, 6.45) is 2.97. The minimum atomic E-state index is -0.429. The molecule has 92 valence electrons. The normalized spacial score (nSPS) is 10.1. The number of carbonyl (C=O) groups excluding carboxylic acids is 1. The van der Waals surface area contributed by atoms with Crippen molar-refractivity contribution in [3.8, 4) is 0 Å². The fourth-order valence-corrected chi connectivity index (χ4v) is 1.80. The molecule has 0 aliphatic carbocycles. The third-order valence-electron chi connectivity index (χ3n) is 2.20. The molecule has 1 N–H and O–H groups in total. The summed E-state index contributed by atoms with van der Waals surface area (Å²) >= 11 is 3.07. The molecule has 1 aromatic carbocycles. The van der Waals surface area contributed by atoms with Gasteiger partial charge in [0.05, 0.1) is 10.9 Å². The first-order chi connectivity index (χ1) is 8.66. The van der Waals surface area contributed by atoms with Crippen LogP contribution in [0.4, 0.5) is 10.3 Å². The summed E-state index contributed by atoms with van der Waals surface area (Å²) < 4.78 is 14.0. The van der Waals surface area contributed by atoms with E-state index in [0.717, 1.165) is 0 Å². The van der Waals surface area contributed by atoms with E-state index in [2.05, 4.69) is 31.2 Å². The summed E-state index contributed by atoms with van der Waals surface area (Å²) in [5, 5.41) is 2.49. The average molecular weight is 310 g/mol. The summed E-state index contributed by atoms with van der Waals surface area (Å²) in [4.78, 5) is 19.4. The Balaban J connectivity index is 2.06. The number of rotatable bonds is 3. The van der Waals surface area contributed by atoms with Gasteiger partial charge in [-0.15, -0.1) is 0 Å². The molecule has 1 aromatic heterocycles. The van der Waals surface area contributed by atoms with Crippen LogP contribution in [0.3, 0.4) is 0 Å². The monoisotopic (exact) mass is 309 g/mol. The van der Waals surface area contributed by atoms with Crippen LogP contribution in [-0.2, 0) is 11.2 Å². The Kier molecular flexibility index (Phi) is 3.99. The molecule has 0 saturated heterocycles. The summed E-state index contributed by atoms with van der Waals surface area (Å²) in [5.74, 6) is -0.585. The smallest absolute Gasteiger partial charge is 0.231 e. The number of aromatic nitrogens is 2. The Labute approximate surface area is 111 Å². The van der Waals surface area contributed by atoms with Crippen LogP contribution in [0.2, 0.25) is 0 Å². The molecule has 2 rings (SSSR count). The number of anilines is 1. The van der Waals surface area contributed by atoms with E-state index in [1.54, 1.807) is 24.3 Å². The third kappa shape index (κ3) is 3.10. The molecule has 0 unspecified atom stereocenters. The Morgan fingerprint density at radius 3 is 2.72 bits per heavy atom. The van der Waals surface area contributed by atoms with Gasteiger partial charge in [0, 0.05) is 12.4 Å². The van der Waals surface area contributed by atoms with E-state index in [0.29, 0.717) is 10.0 Å². The van der Waals surface area contributed by atoms with Crippen LogP contribution < -0.4 is 5.32 Å². The SMILES string of the molecule is O=C(Cc1cccc(Br)c1F)Nc1ncccn1. The van der Waals surface area contributed by atoms with Gasteiger partial charge in [0.1, 0.15) is 5.82 Å². The molecular weight excluding hydrogens is 301 g/mol. The standard InChI is InChI=1S/C12H9BrFN3O/c13-9-4-1-3-8(11(9)14)7-10(18)17-12-15-5-2-6-16-12/h1-6H,7H2,(H,15,16,17,18). The van der Waals surface area contributed by atoms with Crippen LogP contribution in [0.25, 0.3) is 0 Å². The highest BCUT2D eigenvalue weighted by Gasteiger charge is 2.11. The Bertz CT molecular complexity index is 563. The lowest BCUT2D eigenvalue weighted by Gasteiger charge is -2.05. The van der Waals surface area contributed by atoms with Gasteiger partial charge in [-0.3, -0.25) is 10.1 Å².